The Kier molecular flexibility index (Phi) is 3.81. The van der Waals surface area contributed by atoms with Gasteiger partial charge in [0.15, 0.2) is 0 Å². The van der Waals surface area contributed by atoms with Crippen molar-refractivity contribution in [3.63, 3.8) is 0 Å². The maximum absolute atomic E-state index is 5.47. The molecule has 0 bridgehead atoms. The Morgan fingerprint density at radius 1 is 1.04 bits per heavy atom. The molecular formula is C22H32OS. The van der Waals surface area contributed by atoms with E-state index in [1.165, 1.54) is 42.8 Å². The first-order valence-corrected chi connectivity index (χ1v) is 10.6. The summed E-state index contributed by atoms with van der Waals surface area (Å²) in [4.78, 5) is 1.46. The normalized spacial score (nSPS) is 40.2. The van der Waals surface area contributed by atoms with Crippen LogP contribution in [0.15, 0.2) is 23.1 Å². The molecule has 4 atom stereocenters. The third-order valence-electron chi connectivity index (χ3n) is 8.00. The summed E-state index contributed by atoms with van der Waals surface area (Å²) in [5.74, 6) is 3.97. The summed E-state index contributed by atoms with van der Waals surface area (Å²) in [6.45, 7) is 10.3. The Hall–Kier alpha value is -0.630. The predicted octanol–water partition coefficient (Wildman–Crippen LogP) is 6.30. The molecule has 3 aliphatic rings. The van der Waals surface area contributed by atoms with Gasteiger partial charge in [-0.05, 0) is 71.5 Å². The minimum atomic E-state index is 0.339. The highest BCUT2D eigenvalue weighted by molar-refractivity contribution is 7.99. The van der Waals surface area contributed by atoms with Gasteiger partial charge in [0.1, 0.15) is 5.75 Å². The van der Waals surface area contributed by atoms with Crippen LogP contribution in [0.4, 0.5) is 0 Å². The van der Waals surface area contributed by atoms with Crippen LogP contribution in [-0.4, -0.2) is 12.9 Å². The number of rotatable bonds is 1. The van der Waals surface area contributed by atoms with E-state index in [0.29, 0.717) is 16.2 Å². The quantitative estimate of drug-likeness (QED) is 0.591. The Balaban J connectivity index is 1.78. The highest BCUT2D eigenvalue weighted by Crippen LogP contribution is 2.67. The zero-order valence-electron chi connectivity index (χ0n) is 15.9. The van der Waals surface area contributed by atoms with Gasteiger partial charge in [0.2, 0.25) is 0 Å². The molecule has 4 rings (SSSR count). The maximum Gasteiger partial charge on any atom is 0.119 e. The van der Waals surface area contributed by atoms with Crippen LogP contribution in [0.5, 0.6) is 5.75 Å². The standard InChI is InChI=1S/C22H32OS/c1-20(2)10-6-11-22(4)18(20)9-12-21(3)16-8-7-15(23-5)13-17(16)24-14-19(21)22/h7-8,13,18-19H,6,9-12,14H2,1-5H3/t18-,19?,21-,22?/m0/s1. The van der Waals surface area contributed by atoms with Crippen LogP contribution in [-0.2, 0) is 5.41 Å². The first-order valence-electron chi connectivity index (χ1n) is 9.63. The van der Waals surface area contributed by atoms with Crippen molar-refractivity contribution in [2.24, 2.45) is 22.7 Å². The van der Waals surface area contributed by atoms with E-state index in [1.807, 2.05) is 0 Å². The molecule has 132 valence electrons. The number of hydrogen-bond donors (Lipinski definition) is 0. The number of benzene rings is 1. The molecule has 2 unspecified atom stereocenters. The molecule has 2 fully saturated rings. The molecule has 0 N–H and O–H groups in total. The fraction of sp³-hybridized carbons (Fsp3) is 0.727. The minimum absolute atomic E-state index is 0.339. The Morgan fingerprint density at radius 2 is 1.83 bits per heavy atom. The molecule has 1 aliphatic heterocycles. The van der Waals surface area contributed by atoms with E-state index in [-0.39, 0.29) is 0 Å². The van der Waals surface area contributed by atoms with E-state index in [2.05, 4.69) is 57.7 Å². The van der Waals surface area contributed by atoms with E-state index in [0.717, 1.165) is 17.6 Å². The third-order valence-corrected chi connectivity index (χ3v) is 9.15. The molecule has 1 nitrogen and oxygen atoms in total. The lowest BCUT2D eigenvalue weighted by molar-refractivity contribution is -0.0973. The minimum Gasteiger partial charge on any atom is -0.497 e. The van der Waals surface area contributed by atoms with Crippen molar-refractivity contribution >= 4 is 11.8 Å². The third kappa shape index (κ3) is 2.21. The van der Waals surface area contributed by atoms with E-state index in [1.54, 1.807) is 12.7 Å². The van der Waals surface area contributed by atoms with Gasteiger partial charge < -0.3 is 4.74 Å². The fourth-order valence-corrected chi connectivity index (χ4v) is 8.49. The van der Waals surface area contributed by atoms with Gasteiger partial charge in [0.25, 0.3) is 0 Å². The van der Waals surface area contributed by atoms with Crippen molar-refractivity contribution in [2.45, 2.75) is 70.1 Å². The molecule has 0 amide bonds. The summed E-state index contributed by atoms with van der Waals surface area (Å²) in [7, 11) is 1.77. The summed E-state index contributed by atoms with van der Waals surface area (Å²) in [6.07, 6.45) is 6.99. The number of fused-ring (bicyclic) bond motifs is 5. The van der Waals surface area contributed by atoms with Crippen LogP contribution >= 0.6 is 11.8 Å². The van der Waals surface area contributed by atoms with Crippen molar-refractivity contribution < 1.29 is 4.74 Å². The largest absolute Gasteiger partial charge is 0.497 e. The van der Waals surface area contributed by atoms with Crippen LogP contribution in [0, 0.1) is 22.7 Å². The SMILES string of the molecule is COc1ccc2c(c1)SCC1C3(C)CCCC(C)(C)[C@@H]3CC[C@@]21C. The van der Waals surface area contributed by atoms with Crippen LogP contribution in [0.25, 0.3) is 0 Å². The average Bonchev–Trinajstić information content (AvgIpc) is 2.53. The van der Waals surface area contributed by atoms with Crippen LogP contribution < -0.4 is 4.74 Å². The van der Waals surface area contributed by atoms with E-state index < -0.39 is 0 Å². The number of ether oxygens (including phenoxy) is 1. The van der Waals surface area contributed by atoms with Crippen molar-refractivity contribution in [1.82, 2.24) is 0 Å². The zero-order valence-corrected chi connectivity index (χ0v) is 16.8. The molecule has 0 aromatic heterocycles. The lowest BCUT2D eigenvalue weighted by Gasteiger charge is -2.64. The molecule has 2 saturated carbocycles. The van der Waals surface area contributed by atoms with E-state index >= 15 is 0 Å². The van der Waals surface area contributed by atoms with Gasteiger partial charge in [-0.25, -0.2) is 0 Å². The van der Waals surface area contributed by atoms with Crippen LogP contribution in [0.3, 0.4) is 0 Å². The van der Waals surface area contributed by atoms with E-state index in [4.69, 9.17) is 4.74 Å². The summed E-state index contributed by atoms with van der Waals surface area (Å²) >= 11 is 2.08. The molecule has 0 saturated heterocycles. The molecule has 24 heavy (non-hydrogen) atoms. The fourth-order valence-electron chi connectivity index (χ4n) is 6.74. The summed E-state index contributed by atoms with van der Waals surface area (Å²) in [6, 6.07) is 6.80. The van der Waals surface area contributed by atoms with Crippen LogP contribution in [0.1, 0.15) is 65.4 Å². The van der Waals surface area contributed by atoms with Gasteiger partial charge in [-0.1, -0.05) is 40.2 Å². The van der Waals surface area contributed by atoms with Gasteiger partial charge in [0.05, 0.1) is 7.11 Å². The summed E-state index contributed by atoms with van der Waals surface area (Å²) < 4.78 is 5.47. The first-order chi connectivity index (χ1) is 11.3. The van der Waals surface area contributed by atoms with Gasteiger partial charge in [-0.3, -0.25) is 0 Å². The van der Waals surface area contributed by atoms with E-state index in [9.17, 15) is 0 Å². The monoisotopic (exact) mass is 344 g/mol. The lowest BCUT2D eigenvalue weighted by Crippen LogP contribution is -2.58. The zero-order chi connectivity index (χ0) is 17.2. The second-order valence-corrected chi connectivity index (χ2v) is 10.6. The maximum atomic E-state index is 5.47. The van der Waals surface area contributed by atoms with Crippen molar-refractivity contribution in [1.29, 1.82) is 0 Å². The number of hydrogen-bond acceptors (Lipinski definition) is 2. The highest BCUT2D eigenvalue weighted by Gasteiger charge is 2.59. The van der Waals surface area contributed by atoms with Crippen molar-refractivity contribution in [3.05, 3.63) is 23.8 Å². The molecular weight excluding hydrogens is 312 g/mol. The van der Waals surface area contributed by atoms with Crippen LogP contribution in [0.2, 0.25) is 0 Å². The number of thioether (sulfide) groups is 1. The van der Waals surface area contributed by atoms with Gasteiger partial charge in [-0.2, -0.15) is 0 Å². The molecule has 2 aliphatic carbocycles. The topological polar surface area (TPSA) is 9.23 Å². The highest BCUT2D eigenvalue weighted by atomic mass is 32.2. The molecule has 0 radical (unpaired) electrons. The molecule has 1 aromatic rings. The molecule has 2 heteroatoms. The predicted molar refractivity (Wildman–Crippen MR) is 103 cm³/mol. The molecule has 1 aromatic carbocycles. The molecule has 0 spiro atoms. The number of methoxy groups -OCH3 is 1. The average molecular weight is 345 g/mol. The van der Waals surface area contributed by atoms with Crippen molar-refractivity contribution in [2.75, 3.05) is 12.9 Å². The lowest BCUT2D eigenvalue weighted by atomic mass is 9.43. The Bertz CT molecular complexity index is 651. The van der Waals surface area contributed by atoms with Gasteiger partial charge >= 0.3 is 0 Å². The van der Waals surface area contributed by atoms with Gasteiger partial charge in [-0.15, -0.1) is 11.8 Å². The summed E-state index contributed by atoms with van der Waals surface area (Å²) in [5.41, 5.74) is 2.94. The second-order valence-electron chi connectivity index (χ2n) is 9.58. The molecule has 1 heterocycles. The van der Waals surface area contributed by atoms with Crippen molar-refractivity contribution in [3.8, 4) is 5.75 Å². The smallest absolute Gasteiger partial charge is 0.119 e. The Morgan fingerprint density at radius 3 is 2.58 bits per heavy atom. The first kappa shape index (κ1) is 16.8. The van der Waals surface area contributed by atoms with Gasteiger partial charge in [0, 0.05) is 10.6 Å². The Labute approximate surface area is 151 Å². The summed E-state index contributed by atoms with van der Waals surface area (Å²) in [5, 5.41) is 0. The second kappa shape index (κ2) is 5.43.